The Hall–Kier alpha value is -2.89. The summed E-state index contributed by atoms with van der Waals surface area (Å²) in [6, 6.07) is 5.91. The fraction of sp³-hybridized carbons (Fsp3) is 0.133. The summed E-state index contributed by atoms with van der Waals surface area (Å²) >= 11 is 0. The molecule has 0 saturated carbocycles. The summed E-state index contributed by atoms with van der Waals surface area (Å²) in [4.78, 5) is 4.40. The lowest BCUT2D eigenvalue weighted by molar-refractivity contribution is 0.393. The minimum atomic E-state index is 0.678. The zero-order valence-electron chi connectivity index (χ0n) is 11.7. The van der Waals surface area contributed by atoms with Gasteiger partial charge in [-0.3, -0.25) is 0 Å². The number of aromatic nitrogens is 5. The van der Waals surface area contributed by atoms with Crippen molar-refractivity contribution < 1.29 is 4.52 Å². The van der Waals surface area contributed by atoms with Gasteiger partial charge in [0, 0.05) is 42.7 Å². The minimum Gasteiger partial charge on any atom is -0.359 e. The molecular weight excluding hydrogens is 266 g/mol. The number of pyridine rings is 1. The standard InChI is InChI=1S/C15H13N5O/c1-10-7-14(18-21-10)20-9-11(8-17-20)12-3-5-16-15-13(12)4-6-19(15)2/h3-9H,1-2H3. The predicted octanol–water partition coefficient (Wildman–Crippen LogP) is 2.72. The number of aryl methyl sites for hydroxylation is 2. The maximum atomic E-state index is 5.08. The van der Waals surface area contributed by atoms with E-state index in [-0.39, 0.29) is 0 Å². The molecule has 0 spiro atoms. The highest BCUT2D eigenvalue weighted by Gasteiger charge is 2.11. The smallest absolute Gasteiger partial charge is 0.196 e. The first kappa shape index (κ1) is 11.9. The van der Waals surface area contributed by atoms with Crippen LogP contribution in [-0.4, -0.2) is 24.5 Å². The summed E-state index contributed by atoms with van der Waals surface area (Å²) in [6.07, 6.45) is 7.59. The monoisotopic (exact) mass is 279 g/mol. The molecule has 0 atom stereocenters. The molecule has 21 heavy (non-hydrogen) atoms. The van der Waals surface area contributed by atoms with E-state index in [2.05, 4.69) is 21.3 Å². The van der Waals surface area contributed by atoms with Crippen LogP contribution >= 0.6 is 0 Å². The van der Waals surface area contributed by atoms with Gasteiger partial charge in [0.25, 0.3) is 0 Å². The summed E-state index contributed by atoms with van der Waals surface area (Å²) in [6.45, 7) is 1.86. The highest BCUT2D eigenvalue weighted by molar-refractivity contribution is 5.92. The molecule has 6 heteroatoms. The number of hydrogen-bond donors (Lipinski definition) is 0. The Morgan fingerprint density at radius 2 is 2.14 bits per heavy atom. The van der Waals surface area contributed by atoms with E-state index in [9.17, 15) is 0 Å². The second-order valence-electron chi connectivity index (χ2n) is 4.99. The molecule has 4 aromatic rings. The molecule has 0 saturated heterocycles. The van der Waals surface area contributed by atoms with Crippen LogP contribution in [0.1, 0.15) is 5.76 Å². The first-order chi connectivity index (χ1) is 10.2. The molecule has 104 valence electrons. The highest BCUT2D eigenvalue weighted by atomic mass is 16.5. The molecule has 0 bridgehead atoms. The molecule has 4 aromatic heterocycles. The molecule has 0 fully saturated rings. The molecule has 4 heterocycles. The van der Waals surface area contributed by atoms with Crippen molar-refractivity contribution in [1.29, 1.82) is 0 Å². The van der Waals surface area contributed by atoms with Crippen LogP contribution in [0.2, 0.25) is 0 Å². The van der Waals surface area contributed by atoms with E-state index in [1.54, 1.807) is 4.68 Å². The van der Waals surface area contributed by atoms with Crippen molar-refractivity contribution in [2.24, 2.45) is 7.05 Å². The van der Waals surface area contributed by atoms with Crippen molar-refractivity contribution in [3.8, 4) is 16.9 Å². The number of hydrogen-bond acceptors (Lipinski definition) is 4. The largest absolute Gasteiger partial charge is 0.359 e. The molecule has 6 nitrogen and oxygen atoms in total. The average molecular weight is 279 g/mol. The van der Waals surface area contributed by atoms with Crippen LogP contribution in [0.5, 0.6) is 0 Å². The van der Waals surface area contributed by atoms with Gasteiger partial charge in [0.15, 0.2) is 5.82 Å². The maximum absolute atomic E-state index is 5.08. The summed E-state index contributed by atoms with van der Waals surface area (Å²) in [7, 11) is 1.99. The quantitative estimate of drug-likeness (QED) is 0.566. The Bertz CT molecular complexity index is 931. The molecule has 0 N–H and O–H groups in total. The van der Waals surface area contributed by atoms with Crippen LogP contribution in [0.3, 0.4) is 0 Å². The van der Waals surface area contributed by atoms with Gasteiger partial charge < -0.3 is 9.09 Å². The molecule has 0 radical (unpaired) electrons. The van der Waals surface area contributed by atoms with Crippen LogP contribution in [-0.2, 0) is 7.05 Å². The zero-order chi connectivity index (χ0) is 14.4. The number of nitrogens with zero attached hydrogens (tertiary/aromatic N) is 5. The van der Waals surface area contributed by atoms with Gasteiger partial charge in [-0.1, -0.05) is 5.16 Å². The Balaban J connectivity index is 1.84. The van der Waals surface area contributed by atoms with Gasteiger partial charge in [-0.05, 0) is 24.6 Å². The second kappa shape index (κ2) is 4.31. The van der Waals surface area contributed by atoms with Gasteiger partial charge in [-0.25, -0.2) is 9.67 Å². The molecule has 0 aliphatic heterocycles. The van der Waals surface area contributed by atoms with Gasteiger partial charge in [-0.15, -0.1) is 0 Å². The molecule has 0 aliphatic rings. The Morgan fingerprint density at radius 3 is 2.95 bits per heavy atom. The van der Waals surface area contributed by atoms with Crippen molar-refractivity contribution >= 4 is 11.0 Å². The summed E-state index contributed by atoms with van der Waals surface area (Å²) in [5, 5.41) is 9.43. The zero-order valence-corrected chi connectivity index (χ0v) is 11.7. The molecule has 0 unspecified atom stereocenters. The van der Waals surface area contributed by atoms with Crippen molar-refractivity contribution in [3.63, 3.8) is 0 Å². The van der Waals surface area contributed by atoms with Gasteiger partial charge >= 0.3 is 0 Å². The maximum Gasteiger partial charge on any atom is 0.196 e. The fourth-order valence-electron chi connectivity index (χ4n) is 2.46. The lowest BCUT2D eigenvalue weighted by Crippen LogP contribution is -1.93. The molecule has 0 aromatic carbocycles. The normalized spacial score (nSPS) is 11.3. The van der Waals surface area contributed by atoms with E-state index in [0.29, 0.717) is 5.82 Å². The number of fused-ring (bicyclic) bond motifs is 1. The first-order valence-electron chi connectivity index (χ1n) is 6.61. The minimum absolute atomic E-state index is 0.678. The van der Waals surface area contributed by atoms with E-state index in [4.69, 9.17) is 4.52 Å². The second-order valence-corrected chi connectivity index (χ2v) is 4.99. The lowest BCUT2D eigenvalue weighted by Gasteiger charge is -2.00. The summed E-state index contributed by atoms with van der Waals surface area (Å²) < 4.78 is 8.80. The topological polar surface area (TPSA) is 61.7 Å². The van der Waals surface area contributed by atoms with Crippen molar-refractivity contribution in [3.05, 3.63) is 48.7 Å². The Morgan fingerprint density at radius 1 is 1.24 bits per heavy atom. The van der Waals surface area contributed by atoms with E-state index in [1.165, 1.54) is 0 Å². The Labute approximate surface area is 120 Å². The van der Waals surface area contributed by atoms with Gasteiger partial charge in [0.05, 0.1) is 6.20 Å². The average Bonchev–Trinajstić information content (AvgIpc) is 3.19. The van der Waals surface area contributed by atoms with Crippen molar-refractivity contribution in [1.82, 2.24) is 24.5 Å². The van der Waals surface area contributed by atoms with E-state index in [1.807, 2.05) is 55.5 Å². The van der Waals surface area contributed by atoms with Crippen LogP contribution in [0.25, 0.3) is 28.0 Å². The van der Waals surface area contributed by atoms with Crippen LogP contribution in [0.4, 0.5) is 0 Å². The third-order valence-corrected chi connectivity index (χ3v) is 3.51. The molecule has 0 amide bonds. The number of rotatable bonds is 2. The molecular formula is C15H13N5O. The van der Waals surface area contributed by atoms with Crippen molar-refractivity contribution in [2.75, 3.05) is 0 Å². The fourth-order valence-corrected chi connectivity index (χ4v) is 2.46. The Kier molecular flexibility index (Phi) is 2.44. The van der Waals surface area contributed by atoms with Crippen LogP contribution in [0, 0.1) is 6.92 Å². The summed E-state index contributed by atoms with van der Waals surface area (Å²) in [5.74, 6) is 1.44. The summed E-state index contributed by atoms with van der Waals surface area (Å²) in [5.41, 5.74) is 3.08. The SMILES string of the molecule is Cc1cc(-n2cc(-c3ccnc4c3ccn4C)cn2)no1. The highest BCUT2D eigenvalue weighted by Crippen LogP contribution is 2.27. The third kappa shape index (κ3) is 1.84. The van der Waals surface area contributed by atoms with Gasteiger partial charge in [0.1, 0.15) is 11.4 Å². The van der Waals surface area contributed by atoms with E-state index < -0.39 is 0 Å². The predicted molar refractivity (Wildman–Crippen MR) is 78.1 cm³/mol. The molecule has 0 aliphatic carbocycles. The lowest BCUT2D eigenvalue weighted by atomic mass is 10.1. The van der Waals surface area contributed by atoms with Gasteiger partial charge in [0.2, 0.25) is 0 Å². The van der Waals surface area contributed by atoms with E-state index in [0.717, 1.165) is 27.9 Å². The third-order valence-electron chi connectivity index (χ3n) is 3.51. The van der Waals surface area contributed by atoms with Crippen LogP contribution in [0.15, 0.2) is 47.5 Å². The van der Waals surface area contributed by atoms with E-state index >= 15 is 0 Å². The van der Waals surface area contributed by atoms with Crippen LogP contribution < -0.4 is 0 Å². The molecule has 4 rings (SSSR count). The first-order valence-corrected chi connectivity index (χ1v) is 6.61. The van der Waals surface area contributed by atoms with Crippen molar-refractivity contribution in [2.45, 2.75) is 6.92 Å². The van der Waals surface area contributed by atoms with Gasteiger partial charge in [-0.2, -0.15) is 5.10 Å².